The van der Waals surface area contributed by atoms with Crippen molar-refractivity contribution in [2.24, 2.45) is 5.92 Å². The summed E-state index contributed by atoms with van der Waals surface area (Å²) in [5, 5.41) is 5.70. The normalized spacial score (nSPS) is 21.2. The van der Waals surface area contributed by atoms with Crippen molar-refractivity contribution in [1.82, 2.24) is 5.32 Å². The van der Waals surface area contributed by atoms with Gasteiger partial charge >= 0.3 is 0 Å². The summed E-state index contributed by atoms with van der Waals surface area (Å²) in [5.74, 6) is 0.575. The van der Waals surface area contributed by atoms with Crippen LogP contribution in [-0.4, -0.2) is 5.91 Å². The number of carbonyl (C=O) groups excluding carboxylic acids is 1. The van der Waals surface area contributed by atoms with E-state index in [1.807, 2.05) is 18.2 Å². The highest BCUT2D eigenvalue weighted by molar-refractivity contribution is 5.86. The second-order valence-electron chi connectivity index (χ2n) is 8.24. The fourth-order valence-corrected chi connectivity index (χ4v) is 4.69. The highest BCUT2D eigenvalue weighted by Crippen LogP contribution is 2.60. The maximum Gasteiger partial charge on any atom is 0.224 e. The van der Waals surface area contributed by atoms with Crippen molar-refractivity contribution in [2.45, 2.75) is 24.8 Å². The van der Waals surface area contributed by atoms with E-state index in [4.69, 9.17) is 0 Å². The predicted octanol–water partition coefficient (Wildman–Crippen LogP) is 6.21. The van der Waals surface area contributed by atoms with Gasteiger partial charge in [-0.25, -0.2) is 0 Å². The number of hydrogen-bond acceptors (Lipinski definition) is 1. The monoisotopic (exact) mass is 391 g/mol. The molecule has 1 N–H and O–H groups in total. The first-order chi connectivity index (χ1) is 14.7. The molecule has 0 aliphatic heterocycles. The Hall–Kier alpha value is -3.39. The molecule has 0 aromatic heterocycles. The summed E-state index contributed by atoms with van der Waals surface area (Å²) in [6, 6.07) is 35.6. The molecule has 1 aliphatic carbocycles. The quantitative estimate of drug-likeness (QED) is 0.430. The van der Waals surface area contributed by atoms with Gasteiger partial charge in [0.25, 0.3) is 0 Å². The average Bonchev–Trinajstić information content (AvgIpc) is 3.56. The van der Waals surface area contributed by atoms with Gasteiger partial charge in [0.05, 0.1) is 12.0 Å². The fourth-order valence-electron chi connectivity index (χ4n) is 4.69. The fraction of sp³-hybridized carbons (Fsp3) is 0.179. The number of carbonyl (C=O) groups is 1. The number of rotatable bonds is 5. The maximum absolute atomic E-state index is 13.3. The number of hydrogen-bond donors (Lipinski definition) is 1. The summed E-state index contributed by atoms with van der Waals surface area (Å²) >= 11 is 0. The SMILES string of the molecule is C[C@@H](NC(=O)C1[C@@H](c2ccccc2)[C@H]1c1ccccc1)c1ccc2ccccc2c1. The van der Waals surface area contributed by atoms with E-state index in [1.54, 1.807) is 0 Å². The van der Waals surface area contributed by atoms with E-state index >= 15 is 0 Å². The number of benzene rings is 4. The number of fused-ring (bicyclic) bond motifs is 1. The zero-order valence-electron chi connectivity index (χ0n) is 17.0. The van der Waals surface area contributed by atoms with Crippen LogP contribution in [0.2, 0.25) is 0 Å². The van der Waals surface area contributed by atoms with Crippen LogP contribution in [0.4, 0.5) is 0 Å². The first kappa shape index (κ1) is 18.6. The lowest BCUT2D eigenvalue weighted by Crippen LogP contribution is -2.28. The Balaban J connectivity index is 1.38. The lowest BCUT2D eigenvalue weighted by molar-refractivity contribution is -0.123. The van der Waals surface area contributed by atoms with Gasteiger partial charge in [0, 0.05) is 11.8 Å². The zero-order chi connectivity index (χ0) is 20.5. The highest BCUT2D eigenvalue weighted by Gasteiger charge is 2.56. The van der Waals surface area contributed by atoms with Gasteiger partial charge in [0.2, 0.25) is 5.91 Å². The predicted molar refractivity (Wildman–Crippen MR) is 122 cm³/mol. The summed E-state index contributed by atoms with van der Waals surface area (Å²) in [5.41, 5.74) is 3.62. The van der Waals surface area contributed by atoms with Crippen LogP contribution < -0.4 is 5.32 Å². The molecule has 4 aromatic carbocycles. The molecular weight excluding hydrogens is 366 g/mol. The molecule has 0 heterocycles. The van der Waals surface area contributed by atoms with Gasteiger partial charge in [0.1, 0.15) is 0 Å². The Labute approximate surface area is 177 Å². The largest absolute Gasteiger partial charge is 0.349 e. The first-order valence-electron chi connectivity index (χ1n) is 10.6. The van der Waals surface area contributed by atoms with Crippen LogP contribution in [0.25, 0.3) is 10.8 Å². The van der Waals surface area contributed by atoms with Crippen LogP contribution in [0.3, 0.4) is 0 Å². The van der Waals surface area contributed by atoms with E-state index in [9.17, 15) is 4.79 Å². The Morgan fingerprint density at radius 3 is 1.83 bits per heavy atom. The van der Waals surface area contributed by atoms with Gasteiger partial charge in [-0.1, -0.05) is 97.1 Å². The van der Waals surface area contributed by atoms with Crippen LogP contribution in [0.1, 0.15) is 41.5 Å². The molecular formula is C28H25NO. The van der Waals surface area contributed by atoms with Crippen LogP contribution in [-0.2, 0) is 4.79 Å². The van der Waals surface area contributed by atoms with Crippen molar-refractivity contribution in [3.63, 3.8) is 0 Å². The van der Waals surface area contributed by atoms with E-state index in [0.717, 1.165) is 5.56 Å². The van der Waals surface area contributed by atoms with Crippen LogP contribution in [0.15, 0.2) is 103 Å². The van der Waals surface area contributed by atoms with Crippen molar-refractivity contribution in [3.8, 4) is 0 Å². The van der Waals surface area contributed by atoms with E-state index in [2.05, 4.69) is 97.2 Å². The third kappa shape index (κ3) is 3.50. The molecule has 0 spiro atoms. The molecule has 1 amide bonds. The Kier molecular flexibility index (Phi) is 4.84. The van der Waals surface area contributed by atoms with Crippen molar-refractivity contribution in [1.29, 1.82) is 0 Å². The molecule has 4 atom stereocenters. The summed E-state index contributed by atoms with van der Waals surface area (Å²) < 4.78 is 0. The molecule has 5 rings (SSSR count). The van der Waals surface area contributed by atoms with Crippen molar-refractivity contribution in [3.05, 3.63) is 120 Å². The van der Waals surface area contributed by atoms with Crippen LogP contribution in [0, 0.1) is 5.92 Å². The molecule has 1 aliphatic rings. The van der Waals surface area contributed by atoms with Gasteiger partial charge in [-0.05, 0) is 40.5 Å². The smallest absolute Gasteiger partial charge is 0.224 e. The van der Waals surface area contributed by atoms with Gasteiger partial charge < -0.3 is 5.32 Å². The summed E-state index contributed by atoms with van der Waals surface area (Å²) in [4.78, 5) is 13.3. The molecule has 1 saturated carbocycles. The summed E-state index contributed by atoms with van der Waals surface area (Å²) in [7, 11) is 0. The molecule has 0 bridgehead atoms. The lowest BCUT2D eigenvalue weighted by Gasteiger charge is -2.15. The topological polar surface area (TPSA) is 29.1 Å². The molecule has 2 nitrogen and oxygen atoms in total. The van der Waals surface area contributed by atoms with Crippen molar-refractivity contribution in [2.75, 3.05) is 0 Å². The minimum absolute atomic E-state index is 0.0299. The van der Waals surface area contributed by atoms with E-state index in [1.165, 1.54) is 21.9 Å². The molecule has 4 aromatic rings. The molecule has 0 radical (unpaired) electrons. The number of nitrogens with one attached hydrogen (secondary N) is 1. The Morgan fingerprint density at radius 2 is 1.23 bits per heavy atom. The summed E-state index contributed by atoms with van der Waals surface area (Å²) in [6.45, 7) is 2.07. The lowest BCUT2D eigenvalue weighted by atomic mass is 10.0. The molecule has 1 unspecified atom stereocenters. The Bertz CT molecular complexity index is 1120. The average molecular weight is 392 g/mol. The van der Waals surface area contributed by atoms with Crippen LogP contribution in [0.5, 0.6) is 0 Å². The van der Waals surface area contributed by atoms with Crippen LogP contribution >= 0.6 is 0 Å². The molecule has 2 heteroatoms. The van der Waals surface area contributed by atoms with E-state index < -0.39 is 0 Å². The number of amides is 1. The van der Waals surface area contributed by atoms with Gasteiger partial charge in [-0.15, -0.1) is 0 Å². The molecule has 148 valence electrons. The standard InChI is InChI=1S/C28H25NO/c1-19(23-17-16-20-10-8-9-15-24(20)18-23)29-28(30)27-25(21-11-4-2-5-12-21)26(27)22-13-6-3-7-14-22/h2-19,25-27H,1H3,(H,29,30)/t19-,25-,26+,27?/m1/s1. The maximum atomic E-state index is 13.3. The molecule has 0 saturated heterocycles. The van der Waals surface area contributed by atoms with Crippen molar-refractivity contribution >= 4 is 16.7 Å². The van der Waals surface area contributed by atoms with Gasteiger partial charge in [-0.3, -0.25) is 4.79 Å². The van der Waals surface area contributed by atoms with Crippen molar-refractivity contribution < 1.29 is 4.79 Å². The summed E-state index contributed by atoms with van der Waals surface area (Å²) in [6.07, 6.45) is 0. The van der Waals surface area contributed by atoms with Gasteiger partial charge in [-0.2, -0.15) is 0 Å². The van der Waals surface area contributed by atoms with Gasteiger partial charge in [0.15, 0.2) is 0 Å². The zero-order valence-corrected chi connectivity index (χ0v) is 17.0. The molecule has 30 heavy (non-hydrogen) atoms. The second-order valence-corrected chi connectivity index (χ2v) is 8.24. The first-order valence-corrected chi connectivity index (χ1v) is 10.6. The minimum atomic E-state index is -0.0319. The van der Waals surface area contributed by atoms with E-state index in [-0.39, 0.29) is 29.7 Å². The minimum Gasteiger partial charge on any atom is -0.349 e. The third-order valence-electron chi connectivity index (χ3n) is 6.32. The highest BCUT2D eigenvalue weighted by atomic mass is 16.2. The second kappa shape index (κ2) is 7.79. The van der Waals surface area contributed by atoms with E-state index in [0.29, 0.717) is 0 Å². The third-order valence-corrected chi connectivity index (χ3v) is 6.32. The Morgan fingerprint density at radius 1 is 0.700 bits per heavy atom. The molecule has 1 fully saturated rings.